The van der Waals surface area contributed by atoms with Crippen LogP contribution < -0.4 is 0 Å². The van der Waals surface area contributed by atoms with Gasteiger partial charge in [0, 0.05) is 18.8 Å². The normalized spacial score (nSPS) is 16.9. The minimum Gasteiger partial charge on any atom is -0.241 e. The zero-order valence-corrected chi connectivity index (χ0v) is 11.4. The molecule has 0 saturated heterocycles. The topological polar surface area (TPSA) is 50.3 Å². The Bertz CT molecular complexity index is 554. The van der Waals surface area contributed by atoms with Gasteiger partial charge in [-0.05, 0) is 25.0 Å². The first-order valence-corrected chi connectivity index (χ1v) is 7.74. The minimum atomic E-state index is -3.90. The van der Waals surface area contributed by atoms with Crippen LogP contribution in [0.5, 0.6) is 0 Å². The highest BCUT2D eigenvalue weighted by molar-refractivity contribution is 7.89. The van der Waals surface area contributed by atoms with Crippen molar-refractivity contribution in [1.82, 2.24) is 9.29 Å². The number of hydrogen-bond donors (Lipinski definition) is 0. The van der Waals surface area contributed by atoms with Crippen LogP contribution in [0.25, 0.3) is 0 Å². The van der Waals surface area contributed by atoms with E-state index in [2.05, 4.69) is 11.6 Å². The maximum Gasteiger partial charge on any atom is 0.264 e. The number of halogens is 1. The SMILES string of the molecule is C=CCN(C1CCCC1)S(=O)(=O)c1ncccc1F. The standard InChI is InChI=1S/C13H17FN2O2S/c1-2-10-16(11-6-3-4-7-11)19(17,18)13-12(14)8-5-9-15-13/h2,5,8-9,11H,1,3-4,6-7,10H2. The van der Waals surface area contributed by atoms with Crippen LogP contribution in [0.3, 0.4) is 0 Å². The second kappa shape index (κ2) is 5.79. The lowest BCUT2D eigenvalue weighted by Gasteiger charge is -2.26. The molecular formula is C13H17FN2O2S. The van der Waals surface area contributed by atoms with Gasteiger partial charge in [0.25, 0.3) is 10.0 Å². The maximum absolute atomic E-state index is 13.7. The van der Waals surface area contributed by atoms with E-state index < -0.39 is 20.9 Å². The molecule has 6 heteroatoms. The van der Waals surface area contributed by atoms with Gasteiger partial charge in [0.15, 0.2) is 5.82 Å². The van der Waals surface area contributed by atoms with E-state index in [1.54, 1.807) is 0 Å². The molecule has 4 nitrogen and oxygen atoms in total. The van der Waals surface area contributed by atoms with Gasteiger partial charge in [-0.3, -0.25) is 0 Å². The lowest BCUT2D eigenvalue weighted by Crippen LogP contribution is -2.39. The molecule has 0 N–H and O–H groups in total. The van der Waals surface area contributed by atoms with Gasteiger partial charge in [0.1, 0.15) is 0 Å². The van der Waals surface area contributed by atoms with Crippen LogP contribution in [0, 0.1) is 5.82 Å². The average Bonchev–Trinajstić information content (AvgIpc) is 2.89. The molecule has 2 rings (SSSR count). The molecular weight excluding hydrogens is 267 g/mol. The molecule has 104 valence electrons. The van der Waals surface area contributed by atoms with E-state index in [9.17, 15) is 12.8 Å². The molecule has 0 unspecified atom stereocenters. The fourth-order valence-electron chi connectivity index (χ4n) is 2.44. The summed E-state index contributed by atoms with van der Waals surface area (Å²) in [5, 5.41) is -0.497. The number of nitrogens with zero attached hydrogens (tertiary/aromatic N) is 2. The van der Waals surface area contributed by atoms with Crippen molar-refractivity contribution in [3.8, 4) is 0 Å². The lowest BCUT2D eigenvalue weighted by molar-refractivity contribution is 0.344. The molecule has 0 spiro atoms. The van der Waals surface area contributed by atoms with Gasteiger partial charge in [-0.2, -0.15) is 4.31 Å². The summed E-state index contributed by atoms with van der Waals surface area (Å²) in [6.07, 6.45) is 6.42. The zero-order chi connectivity index (χ0) is 13.9. The van der Waals surface area contributed by atoms with Gasteiger partial charge in [-0.25, -0.2) is 17.8 Å². The van der Waals surface area contributed by atoms with E-state index >= 15 is 0 Å². The highest BCUT2D eigenvalue weighted by Crippen LogP contribution is 2.28. The molecule has 0 aromatic carbocycles. The summed E-state index contributed by atoms with van der Waals surface area (Å²) in [4.78, 5) is 3.69. The van der Waals surface area contributed by atoms with Gasteiger partial charge in [-0.1, -0.05) is 18.9 Å². The zero-order valence-electron chi connectivity index (χ0n) is 10.6. The van der Waals surface area contributed by atoms with Crippen molar-refractivity contribution in [3.63, 3.8) is 0 Å². The summed E-state index contributed by atoms with van der Waals surface area (Å²) in [6, 6.07) is 2.41. The fraction of sp³-hybridized carbons (Fsp3) is 0.462. The molecule has 1 aliphatic carbocycles. The highest BCUT2D eigenvalue weighted by Gasteiger charge is 2.34. The van der Waals surface area contributed by atoms with Gasteiger partial charge < -0.3 is 0 Å². The fourth-order valence-corrected chi connectivity index (χ4v) is 4.07. The summed E-state index contributed by atoms with van der Waals surface area (Å²) in [5.74, 6) is -0.811. The Morgan fingerprint density at radius 1 is 1.47 bits per heavy atom. The van der Waals surface area contributed by atoms with E-state index in [1.165, 1.54) is 22.6 Å². The van der Waals surface area contributed by atoms with Crippen LogP contribution in [-0.4, -0.2) is 30.3 Å². The van der Waals surface area contributed by atoms with E-state index in [4.69, 9.17) is 0 Å². The van der Waals surface area contributed by atoms with Crippen molar-refractivity contribution in [2.24, 2.45) is 0 Å². The van der Waals surface area contributed by atoms with E-state index in [0.717, 1.165) is 31.7 Å². The van der Waals surface area contributed by atoms with Gasteiger partial charge >= 0.3 is 0 Å². The molecule has 0 aliphatic heterocycles. The van der Waals surface area contributed by atoms with Crippen LogP contribution in [0.2, 0.25) is 0 Å². The molecule has 19 heavy (non-hydrogen) atoms. The first-order chi connectivity index (χ1) is 9.07. The van der Waals surface area contributed by atoms with Crippen LogP contribution in [0.15, 0.2) is 36.0 Å². The Morgan fingerprint density at radius 3 is 2.74 bits per heavy atom. The largest absolute Gasteiger partial charge is 0.264 e. The second-order valence-corrected chi connectivity index (χ2v) is 6.40. The monoisotopic (exact) mass is 284 g/mol. The number of rotatable bonds is 5. The van der Waals surface area contributed by atoms with Crippen molar-refractivity contribution in [2.75, 3.05) is 6.54 Å². The Balaban J connectivity index is 2.39. The van der Waals surface area contributed by atoms with Gasteiger partial charge in [-0.15, -0.1) is 6.58 Å². The Morgan fingerprint density at radius 2 is 2.16 bits per heavy atom. The molecule has 1 heterocycles. The lowest BCUT2D eigenvalue weighted by atomic mass is 10.2. The van der Waals surface area contributed by atoms with Crippen LogP contribution in [0.1, 0.15) is 25.7 Å². The molecule has 0 atom stereocenters. The van der Waals surface area contributed by atoms with Crippen LogP contribution in [-0.2, 0) is 10.0 Å². The van der Waals surface area contributed by atoms with Crippen molar-refractivity contribution in [3.05, 3.63) is 36.8 Å². The maximum atomic E-state index is 13.7. The summed E-state index contributed by atoms with van der Waals surface area (Å²) >= 11 is 0. The molecule has 1 aromatic rings. The van der Waals surface area contributed by atoms with Crippen molar-refractivity contribution < 1.29 is 12.8 Å². The van der Waals surface area contributed by atoms with Gasteiger partial charge in [0.2, 0.25) is 5.03 Å². The molecule has 1 fully saturated rings. The summed E-state index contributed by atoms with van der Waals surface area (Å²) in [5.41, 5.74) is 0. The Hall–Kier alpha value is -1.27. The third-order valence-corrected chi connectivity index (χ3v) is 5.17. The van der Waals surface area contributed by atoms with Crippen LogP contribution >= 0.6 is 0 Å². The summed E-state index contributed by atoms with van der Waals surface area (Å²) in [6.45, 7) is 3.76. The molecule has 0 radical (unpaired) electrons. The molecule has 1 saturated carbocycles. The predicted molar refractivity (Wildman–Crippen MR) is 70.5 cm³/mol. The first kappa shape index (κ1) is 14.1. The summed E-state index contributed by atoms with van der Waals surface area (Å²) in [7, 11) is -3.90. The third kappa shape index (κ3) is 2.84. The number of pyridine rings is 1. The highest BCUT2D eigenvalue weighted by atomic mass is 32.2. The summed E-state index contributed by atoms with van der Waals surface area (Å²) < 4.78 is 40.0. The van der Waals surface area contributed by atoms with E-state index in [0.29, 0.717) is 0 Å². The van der Waals surface area contributed by atoms with E-state index in [1.807, 2.05) is 0 Å². The van der Waals surface area contributed by atoms with Gasteiger partial charge in [0.05, 0.1) is 0 Å². The average molecular weight is 284 g/mol. The number of aromatic nitrogens is 1. The first-order valence-electron chi connectivity index (χ1n) is 6.30. The Labute approximate surface area is 113 Å². The quantitative estimate of drug-likeness (QED) is 0.780. The molecule has 1 aliphatic rings. The van der Waals surface area contributed by atoms with Crippen molar-refractivity contribution >= 4 is 10.0 Å². The molecule has 0 amide bonds. The predicted octanol–water partition coefficient (Wildman–Crippen LogP) is 2.34. The van der Waals surface area contributed by atoms with Crippen molar-refractivity contribution in [2.45, 2.75) is 36.8 Å². The third-order valence-electron chi connectivity index (χ3n) is 3.32. The number of sulfonamides is 1. The Kier molecular flexibility index (Phi) is 4.31. The number of hydrogen-bond acceptors (Lipinski definition) is 3. The molecule has 0 bridgehead atoms. The smallest absolute Gasteiger partial charge is 0.241 e. The second-order valence-electron chi connectivity index (χ2n) is 4.59. The van der Waals surface area contributed by atoms with Crippen LogP contribution in [0.4, 0.5) is 4.39 Å². The minimum absolute atomic E-state index is 0.0793. The van der Waals surface area contributed by atoms with E-state index in [-0.39, 0.29) is 12.6 Å². The molecule has 1 aromatic heterocycles. The van der Waals surface area contributed by atoms with Crippen molar-refractivity contribution in [1.29, 1.82) is 0 Å².